The summed E-state index contributed by atoms with van der Waals surface area (Å²) in [6.45, 7) is 1.83. The Morgan fingerprint density at radius 2 is 2.26 bits per heavy atom. The molecule has 102 valence electrons. The lowest BCUT2D eigenvalue weighted by Crippen LogP contribution is -2.39. The summed E-state index contributed by atoms with van der Waals surface area (Å²) >= 11 is 0. The van der Waals surface area contributed by atoms with E-state index in [-0.39, 0.29) is 18.6 Å². The van der Waals surface area contributed by atoms with E-state index >= 15 is 0 Å². The molecule has 0 saturated carbocycles. The summed E-state index contributed by atoms with van der Waals surface area (Å²) in [5, 5.41) is 8.94. The van der Waals surface area contributed by atoms with Gasteiger partial charge in [-0.3, -0.25) is 9.69 Å². The van der Waals surface area contributed by atoms with E-state index < -0.39 is 5.97 Å². The zero-order chi connectivity index (χ0) is 13.2. The standard InChI is InChI=1S/C15H19NO3/c17-15(18)9-12-5-3-7-16(12)10-13-8-11-4-1-2-6-14(11)19-13/h1-2,4,6,12-13H,3,5,7-10H2,(H,17,18). The summed E-state index contributed by atoms with van der Waals surface area (Å²) in [4.78, 5) is 13.1. The zero-order valence-corrected chi connectivity index (χ0v) is 10.9. The van der Waals surface area contributed by atoms with E-state index in [9.17, 15) is 4.79 Å². The van der Waals surface area contributed by atoms with E-state index in [1.807, 2.05) is 18.2 Å². The lowest BCUT2D eigenvalue weighted by Gasteiger charge is -2.25. The van der Waals surface area contributed by atoms with Crippen molar-refractivity contribution >= 4 is 5.97 Å². The topological polar surface area (TPSA) is 49.8 Å². The molecular weight excluding hydrogens is 242 g/mol. The molecule has 19 heavy (non-hydrogen) atoms. The van der Waals surface area contributed by atoms with Crippen LogP contribution in [0.15, 0.2) is 24.3 Å². The highest BCUT2D eigenvalue weighted by molar-refractivity contribution is 5.67. The quantitative estimate of drug-likeness (QED) is 0.899. The molecule has 1 fully saturated rings. The van der Waals surface area contributed by atoms with Crippen molar-refractivity contribution in [1.82, 2.24) is 4.90 Å². The fourth-order valence-corrected chi connectivity index (χ4v) is 3.19. The Labute approximate surface area is 113 Å². The van der Waals surface area contributed by atoms with E-state index in [0.717, 1.165) is 38.1 Å². The van der Waals surface area contributed by atoms with Crippen molar-refractivity contribution in [1.29, 1.82) is 0 Å². The number of fused-ring (bicyclic) bond motifs is 1. The van der Waals surface area contributed by atoms with Crippen molar-refractivity contribution in [2.24, 2.45) is 0 Å². The van der Waals surface area contributed by atoms with E-state index in [4.69, 9.17) is 9.84 Å². The van der Waals surface area contributed by atoms with Gasteiger partial charge in [0.25, 0.3) is 0 Å². The van der Waals surface area contributed by atoms with Gasteiger partial charge < -0.3 is 9.84 Å². The SMILES string of the molecule is O=C(O)CC1CCCN1CC1Cc2ccccc2O1. The number of para-hydroxylation sites is 1. The Hall–Kier alpha value is -1.55. The van der Waals surface area contributed by atoms with Gasteiger partial charge in [-0.1, -0.05) is 18.2 Å². The van der Waals surface area contributed by atoms with Gasteiger partial charge in [-0.05, 0) is 31.0 Å². The first-order valence-electron chi connectivity index (χ1n) is 6.93. The minimum absolute atomic E-state index is 0.173. The van der Waals surface area contributed by atoms with Crippen LogP contribution >= 0.6 is 0 Å². The number of carboxylic acid groups (broad SMARTS) is 1. The van der Waals surface area contributed by atoms with Crippen LogP contribution in [0.1, 0.15) is 24.8 Å². The molecule has 0 spiro atoms. The van der Waals surface area contributed by atoms with Crippen LogP contribution in [0.5, 0.6) is 5.75 Å². The van der Waals surface area contributed by atoms with Crippen molar-refractivity contribution in [3.63, 3.8) is 0 Å². The maximum absolute atomic E-state index is 10.9. The number of rotatable bonds is 4. The fourth-order valence-electron chi connectivity index (χ4n) is 3.19. The predicted molar refractivity (Wildman–Crippen MR) is 71.4 cm³/mol. The molecule has 0 aliphatic carbocycles. The average Bonchev–Trinajstić information content (AvgIpc) is 2.95. The highest BCUT2D eigenvalue weighted by atomic mass is 16.5. The highest BCUT2D eigenvalue weighted by Crippen LogP contribution is 2.30. The van der Waals surface area contributed by atoms with Crippen molar-refractivity contribution in [3.05, 3.63) is 29.8 Å². The summed E-state index contributed by atoms with van der Waals surface area (Å²) in [6, 6.07) is 8.32. The van der Waals surface area contributed by atoms with Crippen molar-refractivity contribution in [3.8, 4) is 5.75 Å². The lowest BCUT2D eigenvalue weighted by atomic mass is 10.1. The third kappa shape index (κ3) is 2.73. The van der Waals surface area contributed by atoms with Gasteiger partial charge in [0.1, 0.15) is 11.9 Å². The van der Waals surface area contributed by atoms with Crippen LogP contribution < -0.4 is 4.74 Å². The van der Waals surface area contributed by atoms with Crippen LogP contribution in [0.3, 0.4) is 0 Å². The molecule has 2 unspecified atom stereocenters. The zero-order valence-electron chi connectivity index (χ0n) is 10.9. The Morgan fingerprint density at radius 3 is 3.05 bits per heavy atom. The normalized spacial score (nSPS) is 26.1. The van der Waals surface area contributed by atoms with Crippen LogP contribution in [0, 0.1) is 0 Å². The minimum atomic E-state index is -0.701. The van der Waals surface area contributed by atoms with Crippen molar-refractivity contribution in [2.45, 2.75) is 37.8 Å². The Bertz CT molecular complexity index is 449. The molecule has 1 N–H and O–H groups in total. The molecular formula is C15H19NO3. The number of nitrogens with zero attached hydrogens (tertiary/aromatic N) is 1. The predicted octanol–water partition coefficient (Wildman–Crippen LogP) is 1.93. The van der Waals surface area contributed by atoms with Crippen LogP contribution in [0.2, 0.25) is 0 Å². The molecule has 2 aliphatic heterocycles. The summed E-state index contributed by atoms with van der Waals surface area (Å²) in [5.74, 6) is 0.286. The summed E-state index contributed by atoms with van der Waals surface area (Å²) in [6.07, 6.45) is 3.45. The molecule has 1 aromatic rings. The van der Waals surface area contributed by atoms with Gasteiger partial charge >= 0.3 is 5.97 Å². The van der Waals surface area contributed by atoms with Crippen LogP contribution in [0.25, 0.3) is 0 Å². The number of aliphatic carboxylic acids is 1. The molecule has 2 aliphatic rings. The molecule has 0 aromatic heterocycles. The van der Waals surface area contributed by atoms with E-state index in [1.165, 1.54) is 5.56 Å². The van der Waals surface area contributed by atoms with Gasteiger partial charge in [-0.2, -0.15) is 0 Å². The molecule has 4 heteroatoms. The molecule has 4 nitrogen and oxygen atoms in total. The number of ether oxygens (including phenoxy) is 1. The molecule has 3 rings (SSSR count). The second kappa shape index (κ2) is 5.21. The maximum atomic E-state index is 10.9. The van der Waals surface area contributed by atoms with E-state index in [2.05, 4.69) is 11.0 Å². The number of hydrogen-bond donors (Lipinski definition) is 1. The van der Waals surface area contributed by atoms with Crippen LogP contribution in [-0.2, 0) is 11.2 Å². The summed E-state index contributed by atoms with van der Waals surface area (Å²) in [7, 11) is 0. The number of carboxylic acids is 1. The molecule has 2 atom stereocenters. The third-order valence-electron chi connectivity index (χ3n) is 4.06. The Balaban J connectivity index is 1.59. The van der Waals surface area contributed by atoms with Gasteiger partial charge in [0, 0.05) is 19.0 Å². The fraction of sp³-hybridized carbons (Fsp3) is 0.533. The van der Waals surface area contributed by atoms with Crippen LogP contribution in [0.4, 0.5) is 0 Å². The third-order valence-corrected chi connectivity index (χ3v) is 4.06. The molecule has 0 amide bonds. The van der Waals surface area contributed by atoms with E-state index in [1.54, 1.807) is 0 Å². The number of benzene rings is 1. The Morgan fingerprint density at radius 1 is 1.42 bits per heavy atom. The second-order valence-corrected chi connectivity index (χ2v) is 5.44. The smallest absolute Gasteiger partial charge is 0.304 e. The minimum Gasteiger partial charge on any atom is -0.488 e. The molecule has 1 saturated heterocycles. The second-order valence-electron chi connectivity index (χ2n) is 5.44. The first-order chi connectivity index (χ1) is 9.22. The highest BCUT2D eigenvalue weighted by Gasteiger charge is 2.31. The number of carbonyl (C=O) groups is 1. The van der Waals surface area contributed by atoms with Gasteiger partial charge in [-0.15, -0.1) is 0 Å². The first-order valence-corrected chi connectivity index (χ1v) is 6.93. The van der Waals surface area contributed by atoms with Crippen molar-refractivity contribution < 1.29 is 14.6 Å². The number of hydrogen-bond acceptors (Lipinski definition) is 3. The van der Waals surface area contributed by atoms with Gasteiger partial charge in [-0.25, -0.2) is 0 Å². The maximum Gasteiger partial charge on any atom is 0.304 e. The summed E-state index contributed by atoms with van der Waals surface area (Å²) < 4.78 is 5.93. The lowest BCUT2D eigenvalue weighted by molar-refractivity contribution is -0.138. The van der Waals surface area contributed by atoms with Crippen LogP contribution in [-0.4, -0.2) is 41.2 Å². The van der Waals surface area contributed by atoms with Gasteiger partial charge in [0.05, 0.1) is 6.42 Å². The largest absolute Gasteiger partial charge is 0.488 e. The molecule has 0 bridgehead atoms. The van der Waals surface area contributed by atoms with Gasteiger partial charge in [0.2, 0.25) is 0 Å². The van der Waals surface area contributed by atoms with Crippen molar-refractivity contribution in [2.75, 3.05) is 13.1 Å². The molecule has 0 radical (unpaired) electrons. The first kappa shape index (κ1) is 12.5. The molecule has 1 aromatic carbocycles. The average molecular weight is 261 g/mol. The Kier molecular flexibility index (Phi) is 3.42. The van der Waals surface area contributed by atoms with Gasteiger partial charge in [0.15, 0.2) is 0 Å². The summed E-state index contributed by atoms with van der Waals surface area (Å²) in [5.41, 5.74) is 1.27. The number of likely N-dealkylation sites (tertiary alicyclic amines) is 1. The monoisotopic (exact) mass is 261 g/mol. The van der Waals surface area contributed by atoms with E-state index in [0.29, 0.717) is 0 Å². The molecule has 2 heterocycles.